The minimum Gasteiger partial charge on any atom is -0.383 e. The standard InChI is InChI=1S/C26H26FN7O2/c1-15-10-19(27)18(11-22(15)33-12-21(28-14-33)16-6-7-16)26(35)30-23-5-3-4-20(29-23)25-32-31-24-9-8-17(13-36-2)34(24)25/h3-5,10-12,14,16-17H,6-9,13H2,1-2H3,(H,29,30,35)/t17-/m0/s1. The molecule has 1 atom stereocenters. The summed E-state index contributed by atoms with van der Waals surface area (Å²) in [5.41, 5.74) is 2.97. The summed E-state index contributed by atoms with van der Waals surface area (Å²) in [5, 5.41) is 11.4. The monoisotopic (exact) mass is 487 g/mol. The molecule has 0 radical (unpaired) electrons. The molecule has 0 unspecified atom stereocenters. The Labute approximate surface area is 207 Å². The molecule has 1 N–H and O–H groups in total. The zero-order valence-corrected chi connectivity index (χ0v) is 20.1. The number of hydrogen-bond acceptors (Lipinski definition) is 6. The van der Waals surface area contributed by atoms with Crippen molar-refractivity contribution in [3.8, 4) is 17.2 Å². The Morgan fingerprint density at radius 2 is 2.08 bits per heavy atom. The lowest BCUT2D eigenvalue weighted by atomic mass is 10.1. The second-order valence-corrected chi connectivity index (χ2v) is 9.42. The van der Waals surface area contributed by atoms with Crippen LogP contribution in [0.3, 0.4) is 0 Å². The van der Waals surface area contributed by atoms with E-state index in [2.05, 4.69) is 25.5 Å². The van der Waals surface area contributed by atoms with Crippen molar-refractivity contribution in [2.45, 2.75) is 44.6 Å². The molecular weight excluding hydrogens is 461 g/mol. The molecule has 10 heteroatoms. The number of carbonyl (C=O) groups excluding carboxylic acids is 1. The Morgan fingerprint density at radius 1 is 1.22 bits per heavy atom. The third-order valence-electron chi connectivity index (χ3n) is 6.82. The van der Waals surface area contributed by atoms with E-state index in [9.17, 15) is 9.18 Å². The van der Waals surface area contributed by atoms with E-state index in [4.69, 9.17) is 4.74 Å². The predicted octanol–water partition coefficient (Wildman–Crippen LogP) is 4.24. The molecular formula is C26H26FN7O2. The van der Waals surface area contributed by atoms with Gasteiger partial charge in [-0.05, 0) is 56.0 Å². The summed E-state index contributed by atoms with van der Waals surface area (Å²) >= 11 is 0. The maximum atomic E-state index is 14.9. The zero-order valence-electron chi connectivity index (χ0n) is 20.1. The van der Waals surface area contributed by atoms with E-state index in [1.165, 1.54) is 6.07 Å². The molecule has 36 heavy (non-hydrogen) atoms. The molecule has 1 amide bonds. The Balaban J connectivity index is 1.27. The Morgan fingerprint density at radius 3 is 2.89 bits per heavy atom. The number of hydrogen-bond donors (Lipinski definition) is 1. The van der Waals surface area contributed by atoms with E-state index in [0.717, 1.165) is 42.8 Å². The van der Waals surface area contributed by atoms with Crippen LogP contribution in [-0.4, -0.2) is 48.9 Å². The van der Waals surface area contributed by atoms with Crippen LogP contribution in [0.15, 0.2) is 42.9 Å². The van der Waals surface area contributed by atoms with Gasteiger partial charge < -0.3 is 19.2 Å². The smallest absolute Gasteiger partial charge is 0.259 e. The molecule has 184 valence electrons. The molecule has 1 aliphatic heterocycles. The van der Waals surface area contributed by atoms with Gasteiger partial charge in [0.15, 0.2) is 5.82 Å². The Hall–Kier alpha value is -3.92. The van der Waals surface area contributed by atoms with Crippen molar-refractivity contribution in [1.82, 2.24) is 29.3 Å². The number of ether oxygens (including phenoxy) is 1. The highest BCUT2D eigenvalue weighted by Gasteiger charge is 2.29. The molecule has 1 aliphatic carbocycles. The summed E-state index contributed by atoms with van der Waals surface area (Å²) in [5.74, 6) is 1.15. The number of nitrogens with one attached hydrogen (secondary N) is 1. The number of aromatic nitrogens is 6. The number of imidazole rings is 1. The number of rotatable bonds is 7. The van der Waals surface area contributed by atoms with E-state index >= 15 is 0 Å². The lowest BCUT2D eigenvalue weighted by Gasteiger charge is -2.14. The first-order valence-corrected chi connectivity index (χ1v) is 12.1. The second-order valence-electron chi connectivity index (χ2n) is 9.42. The Bertz CT molecular complexity index is 1460. The zero-order chi connectivity index (χ0) is 24.8. The minimum atomic E-state index is -0.592. The number of aryl methyl sites for hydroxylation is 2. The molecule has 9 nitrogen and oxygen atoms in total. The van der Waals surface area contributed by atoms with Gasteiger partial charge in [-0.1, -0.05) is 6.07 Å². The van der Waals surface area contributed by atoms with Crippen molar-refractivity contribution in [3.63, 3.8) is 0 Å². The van der Waals surface area contributed by atoms with Crippen LogP contribution in [0.1, 0.15) is 58.7 Å². The van der Waals surface area contributed by atoms with Crippen LogP contribution in [0.4, 0.5) is 10.2 Å². The highest BCUT2D eigenvalue weighted by atomic mass is 19.1. The van der Waals surface area contributed by atoms with E-state index in [1.54, 1.807) is 31.6 Å². The van der Waals surface area contributed by atoms with Crippen LogP contribution in [0, 0.1) is 12.7 Å². The van der Waals surface area contributed by atoms with Crippen LogP contribution in [0.25, 0.3) is 17.2 Å². The number of halogens is 1. The average Bonchev–Trinajstić information content (AvgIpc) is 3.25. The molecule has 0 spiro atoms. The first-order chi connectivity index (χ1) is 17.5. The van der Waals surface area contributed by atoms with Crippen molar-refractivity contribution in [2.75, 3.05) is 19.0 Å². The molecule has 3 aromatic heterocycles. The number of fused-ring (bicyclic) bond motifs is 1. The van der Waals surface area contributed by atoms with E-state index in [1.807, 2.05) is 28.3 Å². The molecule has 6 rings (SSSR count). The van der Waals surface area contributed by atoms with Crippen LogP contribution in [0.5, 0.6) is 0 Å². The van der Waals surface area contributed by atoms with E-state index in [-0.39, 0.29) is 11.6 Å². The number of pyridine rings is 1. The summed E-state index contributed by atoms with van der Waals surface area (Å²) in [4.78, 5) is 22.2. The molecule has 4 aromatic rings. The summed E-state index contributed by atoms with van der Waals surface area (Å²) < 4.78 is 24.1. The van der Waals surface area contributed by atoms with Crippen LogP contribution in [-0.2, 0) is 11.2 Å². The lowest BCUT2D eigenvalue weighted by molar-refractivity contribution is 0.102. The molecule has 2 aliphatic rings. The topological polar surface area (TPSA) is 99.8 Å². The van der Waals surface area contributed by atoms with Crippen molar-refractivity contribution in [1.29, 1.82) is 0 Å². The fourth-order valence-corrected chi connectivity index (χ4v) is 4.81. The van der Waals surface area contributed by atoms with Gasteiger partial charge in [-0.3, -0.25) is 4.79 Å². The fourth-order valence-electron chi connectivity index (χ4n) is 4.81. The number of carbonyl (C=O) groups is 1. The fraction of sp³-hybridized carbons (Fsp3) is 0.346. The van der Waals surface area contributed by atoms with Crippen LogP contribution in [0.2, 0.25) is 0 Å². The second kappa shape index (κ2) is 8.94. The van der Waals surface area contributed by atoms with Crippen molar-refractivity contribution in [3.05, 3.63) is 71.3 Å². The summed E-state index contributed by atoms with van der Waals surface area (Å²) in [6, 6.07) is 8.33. The number of nitrogens with zero attached hydrogens (tertiary/aromatic N) is 6. The maximum absolute atomic E-state index is 14.9. The number of benzene rings is 1. The van der Waals surface area contributed by atoms with Crippen molar-refractivity contribution in [2.24, 2.45) is 0 Å². The first-order valence-electron chi connectivity index (χ1n) is 12.1. The molecule has 0 bridgehead atoms. The number of anilines is 1. The Kier molecular flexibility index (Phi) is 5.60. The normalized spacial score (nSPS) is 16.8. The van der Waals surface area contributed by atoms with Gasteiger partial charge in [0.05, 0.1) is 35.9 Å². The van der Waals surface area contributed by atoms with Gasteiger partial charge in [0, 0.05) is 25.6 Å². The van der Waals surface area contributed by atoms with Crippen molar-refractivity contribution < 1.29 is 13.9 Å². The number of methoxy groups -OCH3 is 1. The third kappa shape index (κ3) is 4.07. The molecule has 1 aromatic carbocycles. The summed E-state index contributed by atoms with van der Waals surface area (Å²) in [7, 11) is 1.67. The summed E-state index contributed by atoms with van der Waals surface area (Å²) in [6.07, 6.45) is 7.71. The highest BCUT2D eigenvalue weighted by Crippen LogP contribution is 2.39. The maximum Gasteiger partial charge on any atom is 0.259 e. The van der Waals surface area contributed by atoms with Gasteiger partial charge in [0.1, 0.15) is 23.2 Å². The average molecular weight is 488 g/mol. The quantitative estimate of drug-likeness (QED) is 0.419. The SMILES string of the molecule is COC[C@@H]1CCc2nnc(-c3cccc(NC(=O)c4cc(-n5cnc(C6CC6)c5)c(C)cc4F)n3)n21. The van der Waals surface area contributed by atoms with Gasteiger partial charge in [-0.2, -0.15) is 0 Å². The minimum absolute atomic E-state index is 0.0620. The molecule has 0 saturated heterocycles. The van der Waals surface area contributed by atoms with E-state index in [0.29, 0.717) is 35.5 Å². The van der Waals surface area contributed by atoms with Gasteiger partial charge in [-0.15, -0.1) is 10.2 Å². The van der Waals surface area contributed by atoms with Gasteiger partial charge in [0.2, 0.25) is 0 Å². The molecule has 4 heterocycles. The van der Waals surface area contributed by atoms with Gasteiger partial charge >= 0.3 is 0 Å². The van der Waals surface area contributed by atoms with Gasteiger partial charge in [-0.25, -0.2) is 14.4 Å². The molecule has 1 fully saturated rings. The summed E-state index contributed by atoms with van der Waals surface area (Å²) in [6.45, 7) is 2.37. The number of amides is 1. The van der Waals surface area contributed by atoms with Crippen LogP contribution < -0.4 is 5.32 Å². The predicted molar refractivity (Wildman–Crippen MR) is 131 cm³/mol. The van der Waals surface area contributed by atoms with Crippen LogP contribution >= 0.6 is 0 Å². The van der Waals surface area contributed by atoms with E-state index < -0.39 is 11.7 Å². The largest absolute Gasteiger partial charge is 0.383 e. The lowest BCUT2D eigenvalue weighted by Crippen LogP contribution is -2.16. The first kappa shape index (κ1) is 22.5. The van der Waals surface area contributed by atoms with Gasteiger partial charge in [0.25, 0.3) is 5.91 Å². The van der Waals surface area contributed by atoms with Crippen molar-refractivity contribution >= 4 is 11.7 Å². The third-order valence-corrected chi connectivity index (χ3v) is 6.82. The molecule has 1 saturated carbocycles. The highest BCUT2D eigenvalue weighted by molar-refractivity contribution is 6.04.